The van der Waals surface area contributed by atoms with E-state index in [1.807, 2.05) is 45.8 Å². The molecule has 0 amide bonds. The molecule has 0 unspecified atom stereocenters. The summed E-state index contributed by atoms with van der Waals surface area (Å²) in [5.41, 5.74) is 5.91. The number of hydrogen-bond donors (Lipinski definition) is 0. The molecule has 0 fully saturated rings. The van der Waals surface area contributed by atoms with Gasteiger partial charge >= 0.3 is 0 Å². The molecule has 6 aromatic rings. The summed E-state index contributed by atoms with van der Waals surface area (Å²) in [7, 11) is 0. The number of para-hydroxylation sites is 4. The fourth-order valence-electron chi connectivity index (χ4n) is 4.70. The summed E-state index contributed by atoms with van der Waals surface area (Å²) in [5.74, 6) is 0. The second kappa shape index (κ2) is 7.45. The SMILES string of the molecule is CC(C)(c1nn(-c2ccccc2)c2ccccc12)c1nn(-c2ccccc2)c2ccccc12. The summed E-state index contributed by atoms with van der Waals surface area (Å²) < 4.78 is 4.09. The first-order chi connectivity index (χ1) is 16.1. The minimum absolute atomic E-state index is 0.417. The molecule has 160 valence electrons. The van der Waals surface area contributed by atoms with E-state index < -0.39 is 5.41 Å². The van der Waals surface area contributed by atoms with Crippen molar-refractivity contribution in [2.75, 3.05) is 0 Å². The maximum atomic E-state index is 5.16. The molecule has 0 saturated heterocycles. The quantitative estimate of drug-likeness (QED) is 0.314. The molecule has 0 radical (unpaired) electrons. The third kappa shape index (κ3) is 3.06. The smallest absolute Gasteiger partial charge is 0.0824 e. The summed E-state index contributed by atoms with van der Waals surface area (Å²) in [6, 6.07) is 37.5. The molecular weight excluding hydrogens is 404 g/mol. The van der Waals surface area contributed by atoms with E-state index in [1.165, 1.54) is 0 Å². The Bertz CT molecular complexity index is 1450. The van der Waals surface area contributed by atoms with Gasteiger partial charge in [0.25, 0.3) is 0 Å². The standard InChI is InChI=1S/C29H24N4/c1-29(2,27-23-17-9-11-19-25(23)32(30-27)21-13-5-3-6-14-21)28-24-18-10-12-20-26(24)33(31-28)22-15-7-4-8-16-22/h3-20H,1-2H3. The Morgan fingerprint density at radius 2 is 0.848 bits per heavy atom. The van der Waals surface area contributed by atoms with Gasteiger partial charge in [-0.25, -0.2) is 9.36 Å². The molecule has 6 rings (SSSR count). The van der Waals surface area contributed by atoms with Crippen LogP contribution in [0.15, 0.2) is 109 Å². The molecule has 0 aliphatic rings. The van der Waals surface area contributed by atoms with Crippen molar-refractivity contribution in [3.05, 3.63) is 121 Å². The molecule has 2 aromatic heterocycles. The number of fused-ring (bicyclic) bond motifs is 2. The van der Waals surface area contributed by atoms with Gasteiger partial charge in [0.1, 0.15) is 0 Å². The molecule has 2 heterocycles. The Balaban J connectivity index is 1.61. The maximum Gasteiger partial charge on any atom is 0.0824 e. The van der Waals surface area contributed by atoms with Crippen LogP contribution in [0.5, 0.6) is 0 Å². The van der Waals surface area contributed by atoms with Crippen molar-refractivity contribution in [3.63, 3.8) is 0 Å². The lowest BCUT2D eigenvalue weighted by Gasteiger charge is -2.21. The molecular formula is C29H24N4. The van der Waals surface area contributed by atoms with Crippen LogP contribution in [0.25, 0.3) is 33.2 Å². The van der Waals surface area contributed by atoms with E-state index in [0.29, 0.717) is 0 Å². The van der Waals surface area contributed by atoms with E-state index in [0.717, 1.165) is 44.6 Å². The third-order valence-electron chi connectivity index (χ3n) is 6.36. The highest BCUT2D eigenvalue weighted by Gasteiger charge is 2.34. The van der Waals surface area contributed by atoms with Gasteiger partial charge in [0.05, 0.1) is 39.2 Å². The zero-order chi connectivity index (χ0) is 22.4. The number of hydrogen-bond acceptors (Lipinski definition) is 2. The monoisotopic (exact) mass is 428 g/mol. The van der Waals surface area contributed by atoms with Crippen LogP contribution in [-0.2, 0) is 5.41 Å². The highest BCUT2D eigenvalue weighted by molar-refractivity contribution is 5.88. The van der Waals surface area contributed by atoms with Gasteiger partial charge in [0.15, 0.2) is 0 Å². The first-order valence-electron chi connectivity index (χ1n) is 11.2. The molecule has 0 aliphatic carbocycles. The Morgan fingerprint density at radius 1 is 0.485 bits per heavy atom. The maximum absolute atomic E-state index is 5.16. The molecule has 0 aliphatic heterocycles. The molecule has 0 saturated carbocycles. The number of nitrogens with zero attached hydrogens (tertiary/aromatic N) is 4. The molecule has 0 N–H and O–H groups in total. The van der Waals surface area contributed by atoms with Crippen LogP contribution >= 0.6 is 0 Å². The fraction of sp³-hybridized carbons (Fsp3) is 0.103. The van der Waals surface area contributed by atoms with E-state index in [4.69, 9.17) is 10.2 Å². The average molecular weight is 429 g/mol. The predicted octanol–water partition coefficient (Wildman–Crippen LogP) is 6.69. The highest BCUT2D eigenvalue weighted by atomic mass is 15.3. The minimum Gasteiger partial charge on any atom is -0.233 e. The summed E-state index contributed by atoms with van der Waals surface area (Å²) in [6.07, 6.45) is 0. The molecule has 0 atom stereocenters. The lowest BCUT2D eigenvalue weighted by Crippen LogP contribution is -2.22. The lowest BCUT2D eigenvalue weighted by molar-refractivity contribution is 0.585. The third-order valence-corrected chi connectivity index (χ3v) is 6.36. The van der Waals surface area contributed by atoms with Crippen LogP contribution < -0.4 is 0 Å². The van der Waals surface area contributed by atoms with Gasteiger partial charge in [-0.15, -0.1) is 0 Å². The van der Waals surface area contributed by atoms with Gasteiger partial charge < -0.3 is 0 Å². The first kappa shape index (κ1) is 19.5. The van der Waals surface area contributed by atoms with Gasteiger partial charge in [-0.05, 0) is 50.2 Å². The van der Waals surface area contributed by atoms with Crippen LogP contribution in [0.2, 0.25) is 0 Å². The Morgan fingerprint density at radius 3 is 1.27 bits per heavy atom. The number of rotatable bonds is 4. The van der Waals surface area contributed by atoms with Crippen LogP contribution in [0.1, 0.15) is 25.2 Å². The molecule has 33 heavy (non-hydrogen) atoms. The number of benzene rings is 4. The zero-order valence-corrected chi connectivity index (χ0v) is 18.7. The molecule has 4 nitrogen and oxygen atoms in total. The summed E-state index contributed by atoms with van der Waals surface area (Å²) in [4.78, 5) is 0. The second-order valence-corrected chi connectivity index (χ2v) is 8.85. The van der Waals surface area contributed by atoms with Crippen LogP contribution in [0, 0.1) is 0 Å². The van der Waals surface area contributed by atoms with Crippen molar-refractivity contribution >= 4 is 21.8 Å². The van der Waals surface area contributed by atoms with E-state index in [1.54, 1.807) is 0 Å². The van der Waals surface area contributed by atoms with E-state index in [-0.39, 0.29) is 0 Å². The lowest BCUT2D eigenvalue weighted by atomic mass is 9.82. The van der Waals surface area contributed by atoms with Crippen LogP contribution in [0.4, 0.5) is 0 Å². The molecule has 4 heteroatoms. The zero-order valence-electron chi connectivity index (χ0n) is 18.7. The summed E-state index contributed by atoms with van der Waals surface area (Å²) >= 11 is 0. The average Bonchev–Trinajstić information content (AvgIpc) is 3.46. The van der Waals surface area contributed by atoms with Crippen molar-refractivity contribution in [2.45, 2.75) is 19.3 Å². The Labute approximate surface area is 192 Å². The van der Waals surface area contributed by atoms with Crippen molar-refractivity contribution in [1.29, 1.82) is 0 Å². The van der Waals surface area contributed by atoms with Crippen molar-refractivity contribution in [1.82, 2.24) is 19.6 Å². The summed E-state index contributed by atoms with van der Waals surface area (Å²) in [6.45, 7) is 4.45. The van der Waals surface area contributed by atoms with Crippen molar-refractivity contribution in [3.8, 4) is 11.4 Å². The predicted molar refractivity (Wildman–Crippen MR) is 134 cm³/mol. The van der Waals surface area contributed by atoms with Crippen molar-refractivity contribution in [2.24, 2.45) is 0 Å². The Hall–Kier alpha value is -4.18. The number of aromatic nitrogens is 4. The van der Waals surface area contributed by atoms with Gasteiger partial charge in [-0.3, -0.25) is 0 Å². The van der Waals surface area contributed by atoms with E-state index in [2.05, 4.69) is 86.6 Å². The largest absolute Gasteiger partial charge is 0.233 e. The van der Waals surface area contributed by atoms with E-state index >= 15 is 0 Å². The fourth-order valence-corrected chi connectivity index (χ4v) is 4.70. The molecule has 4 aromatic carbocycles. The van der Waals surface area contributed by atoms with Gasteiger partial charge in [-0.2, -0.15) is 10.2 Å². The van der Waals surface area contributed by atoms with E-state index in [9.17, 15) is 0 Å². The first-order valence-corrected chi connectivity index (χ1v) is 11.2. The Kier molecular flexibility index (Phi) is 4.40. The topological polar surface area (TPSA) is 35.6 Å². The van der Waals surface area contributed by atoms with Crippen LogP contribution in [-0.4, -0.2) is 19.6 Å². The van der Waals surface area contributed by atoms with Gasteiger partial charge in [0, 0.05) is 10.8 Å². The normalized spacial score (nSPS) is 11.9. The highest BCUT2D eigenvalue weighted by Crippen LogP contribution is 2.39. The van der Waals surface area contributed by atoms with Gasteiger partial charge in [0.2, 0.25) is 0 Å². The minimum atomic E-state index is -0.417. The van der Waals surface area contributed by atoms with Crippen LogP contribution in [0.3, 0.4) is 0 Å². The summed E-state index contributed by atoms with van der Waals surface area (Å²) in [5, 5.41) is 12.6. The van der Waals surface area contributed by atoms with Gasteiger partial charge in [-0.1, -0.05) is 72.8 Å². The van der Waals surface area contributed by atoms with Crippen molar-refractivity contribution < 1.29 is 0 Å². The second-order valence-electron chi connectivity index (χ2n) is 8.85. The molecule has 0 spiro atoms. The molecule has 0 bridgehead atoms.